The molecular weight excluding hydrogens is 348 g/mol. The number of amides is 1. The number of rotatable bonds is 5. The molecule has 5 nitrogen and oxygen atoms in total. The van der Waals surface area contributed by atoms with Crippen molar-refractivity contribution in [2.24, 2.45) is 11.3 Å². The van der Waals surface area contributed by atoms with Gasteiger partial charge in [0, 0.05) is 25.2 Å². The monoisotopic (exact) mass is 372 g/mol. The molecule has 2 aromatic heterocycles. The van der Waals surface area contributed by atoms with Gasteiger partial charge in [-0.1, -0.05) is 32.1 Å². The quantitative estimate of drug-likeness (QED) is 0.833. The maximum atomic E-state index is 12.2. The third kappa shape index (κ3) is 3.61. The van der Waals surface area contributed by atoms with Crippen LogP contribution in [0.3, 0.4) is 0 Å². The van der Waals surface area contributed by atoms with E-state index in [0.717, 1.165) is 23.6 Å². The fourth-order valence-corrected chi connectivity index (χ4v) is 4.57. The molecule has 2 aliphatic carbocycles. The molecular formula is C20H24N2O3S. The van der Waals surface area contributed by atoms with Gasteiger partial charge in [-0.15, -0.1) is 0 Å². The summed E-state index contributed by atoms with van der Waals surface area (Å²) in [4.78, 5) is 29.7. The number of hydrogen-bond acceptors (Lipinski definition) is 5. The summed E-state index contributed by atoms with van der Waals surface area (Å²) < 4.78 is 5.84. The lowest BCUT2D eigenvalue weighted by Crippen LogP contribution is -2.26. The predicted octanol–water partition coefficient (Wildman–Crippen LogP) is 4.59. The second kappa shape index (κ2) is 6.34. The fraction of sp³-hybridized carbons (Fsp3) is 0.550. The van der Waals surface area contributed by atoms with Crippen molar-refractivity contribution in [2.45, 2.75) is 58.8 Å². The summed E-state index contributed by atoms with van der Waals surface area (Å²) in [5.41, 5.74) is 0.760. The lowest BCUT2D eigenvalue weighted by molar-refractivity contribution is -0.116. The van der Waals surface area contributed by atoms with Crippen LogP contribution in [-0.2, 0) is 17.6 Å². The average Bonchev–Trinajstić information content (AvgIpc) is 2.96. The maximum absolute atomic E-state index is 12.2. The van der Waals surface area contributed by atoms with Gasteiger partial charge in [-0.2, -0.15) is 0 Å². The van der Waals surface area contributed by atoms with Crippen LogP contribution in [0, 0.1) is 11.3 Å². The number of anilines is 1. The third-order valence-corrected chi connectivity index (χ3v) is 6.29. The van der Waals surface area contributed by atoms with E-state index in [0.29, 0.717) is 41.1 Å². The molecule has 0 saturated heterocycles. The third-order valence-electron chi connectivity index (χ3n) is 5.24. The van der Waals surface area contributed by atoms with E-state index in [1.807, 2.05) is 12.1 Å². The Hall–Kier alpha value is -1.95. The minimum Gasteiger partial charge on any atom is -0.466 e. The van der Waals surface area contributed by atoms with Gasteiger partial charge in [-0.25, -0.2) is 4.98 Å². The number of ketones is 1. The van der Waals surface area contributed by atoms with Gasteiger partial charge >= 0.3 is 0 Å². The zero-order chi connectivity index (χ0) is 18.5. The fourth-order valence-electron chi connectivity index (χ4n) is 3.64. The number of Topliss-reactive ketones (excluding diaryl/α,β-unsaturated/α-hetero) is 1. The first-order chi connectivity index (χ1) is 12.3. The molecule has 2 aliphatic rings. The van der Waals surface area contributed by atoms with E-state index < -0.39 is 0 Å². The summed E-state index contributed by atoms with van der Waals surface area (Å²) >= 11 is 1.29. The van der Waals surface area contributed by atoms with Crippen molar-refractivity contribution in [1.82, 2.24) is 4.98 Å². The predicted molar refractivity (Wildman–Crippen MR) is 101 cm³/mol. The maximum Gasteiger partial charge on any atom is 0.226 e. The van der Waals surface area contributed by atoms with E-state index in [1.54, 1.807) is 0 Å². The van der Waals surface area contributed by atoms with Gasteiger partial charge in [0.25, 0.3) is 0 Å². The van der Waals surface area contributed by atoms with Crippen molar-refractivity contribution in [1.29, 1.82) is 0 Å². The number of carbonyl (C=O) groups excluding carboxylic acids is 2. The minimum absolute atomic E-state index is 0.0600. The molecule has 1 saturated carbocycles. The van der Waals surface area contributed by atoms with Crippen LogP contribution in [0.5, 0.6) is 0 Å². The molecule has 0 spiro atoms. The zero-order valence-electron chi connectivity index (χ0n) is 15.4. The zero-order valence-corrected chi connectivity index (χ0v) is 16.2. The SMILES string of the molecule is C[C@H]1C[C@@H]1c1ccc(CCC(=O)Nc2nc3c(s2)C(=O)CC(C)(C)C3)o1. The van der Waals surface area contributed by atoms with Gasteiger partial charge < -0.3 is 9.73 Å². The Morgan fingerprint density at radius 3 is 2.88 bits per heavy atom. The second-order valence-corrected chi connectivity index (χ2v) is 9.41. The highest BCUT2D eigenvalue weighted by atomic mass is 32.1. The molecule has 0 bridgehead atoms. The molecule has 138 valence electrons. The highest BCUT2D eigenvalue weighted by Crippen LogP contribution is 2.47. The van der Waals surface area contributed by atoms with Gasteiger partial charge in [0.05, 0.1) is 10.6 Å². The van der Waals surface area contributed by atoms with Crippen molar-refractivity contribution in [3.05, 3.63) is 34.2 Å². The summed E-state index contributed by atoms with van der Waals surface area (Å²) in [5, 5.41) is 3.37. The standard InChI is InChI=1S/C20H24N2O3S/c1-11-8-13(11)16-6-4-12(25-16)5-7-17(24)22-19-21-14-9-20(2,3)10-15(23)18(14)26-19/h4,6,11,13H,5,7-10H2,1-3H3,(H,21,22,24)/t11-,13-/m0/s1. The van der Waals surface area contributed by atoms with Crippen LogP contribution in [-0.4, -0.2) is 16.7 Å². The highest BCUT2D eigenvalue weighted by Gasteiger charge is 2.36. The number of aromatic nitrogens is 1. The van der Waals surface area contributed by atoms with Gasteiger partial charge in [-0.05, 0) is 36.3 Å². The second-order valence-electron chi connectivity index (χ2n) is 8.41. The number of nitrogens with one attached hydrogen (secondary N) is 1. The van der Waals surface area contributed by atoms with Crippen molar-refractivity contribution in [2.75, 3.05) is 5.32 Å². The van der Waals surface area contributed by atoms with E-state index in [4.69, 9.17) is 4.42 Å². The summed E-state index contributed by atoms with van der Waals surface area (Å²) in [7, 11) is 0. The average molecular weight is 372 g/mol. The summed E-state index contributed by atoms with van der Waals surface area (Å²) in [6.07, 6.45) is 3.42. The Kier molecular flexibility index (Phi) is 4.26. The number of fused-ring (bicyclic) bond motifs is 1. The van der Waals surface area contributed by atoms with E-state index in [9.17, 15) is 9.59 Å². The number of carbonyl (C=O) groups is 2. The van der Waals surface area contributed by atoms with Crippen LogP contribution in [0.15, 0.2) is 16.5 Å². The van der Waals surface area contributed by atoms with E-state index in [1.165, 1.54) is 17.8 Å². The number of hydrogen-bond donors (Lipinski definition) is 1. The van der Waals surface area contributed by atoms with Crippen molar-refractivity contribution >= 4 is 28.2 Å². The van der Waals surface area contributed by atoms with Crippen LogP contribution in [0.4, 0.5) is 5.13 Å². The van der Waals surface area contributed by atoms with Crippen molar-refractivity contribution in [3.8, 4) is 0 Å². The Balaban J connectivity index is 1.34. The van der Waals surface area contributed by atoms with E-state index in [2.05, 4.69) is 31.1 Å². The molecule has 4 rings (SSSR count). The molecule has 0 aliphatic heterocycles. The van der Waals surface area contributed by atoms with Crippen LogP contribution in [0.2, 0.25) is 0 Å². The molecule has 26 heavy (non-hydrogen) atoms. The highest BCUT2D eigenvalue weighted by molar-refractivity contribution is 7.17. The number of aryl methyl sites for hydroxylation is 1. The van der Waals surface area contributed by atoms with Gasteiger partial charge in [0.2, 0.25) is 5.91 Å². The first-order valence-corrected chi connectivity index (χ1v) is 10.0. The Bertz CT molecular complexity index is 864. The van der Waals surface area contributed by atoms with E-state index >= 15 is 0 Å². The van der Waals surface area contributed by atoms with Gasteiger partial charge in [0.15, 0.2) is 10.9 Å². The minimum atomic E-state index is -0.0967. The van der Waals surface area contributed by atoms with Crippen LogP contribution >= 0.6 is 11.3 Å². The Labute approximate surface area is 157 Å². The largest absolute Gasteiger partial charge is 0.466 e. The number of furan rings is 1. The molecule has 0 radical (unpaired) electrons. The molecule has 2 aromatic rings. The first kappa shape index (κ1) is 17.5. The molecule has 1 N–H and O–H groups in total. The van der Waals surface area contributed by atoms with Crippen molar-refractivity contribution in [3.63, 3.8) is 0 Å². The van der Waals surface area contributed by atoms with E-state index in [-0.39, 0.29) is 17.1 Å². The molecule has 2 atom stereocenters. The molecule has 1 amide bonds. The lowest BCUT2D eigenvalue weighted by Gasteiger charge is -2.26. The molecule has 2 heterocycles. The van der Waals surface area contributed by atoms with Crippen LogP contribution in [0.1, 0.15) is 72.8 Å². The molecule has 0 aromatic carbocycles. The van der Waals surface area contributed by atoms with Gasteiger partial charge in [-0.3, -0.25) is 9.59 Å². The number of nitrogens with zero attached hydrogens (tertiary/aromatic N) is 1. The summed E-state index contributed by atoms with van der Waals surface area (Å²) in [5.74, 6) is 3.19. The first-order valence-electron chi connectivity index (χ1n) is 9.22. The van der Waals surface area contributed by atoms with Gasteiger partial charge in [0.1, 0.15) is 11.5 Å². The topological polar surface area (TPSA) is 72.2 Å². The Morgan fingerprint density at radius 1 is 1.38 bits per heavy atom. The smallest absolute Gasteiger partial charge is 0.226 e. The molecule has 6 heteroatoms. The molecule has 0 unspecified atom stereocenters. The Morgan fingerprint density at radius 2 is 2.15 bits per heavy atom. The van der Waals surface area contributed by atoms with Crippen LogP contribution < -0.4 is 5.32 Å². The summed E-state index contributed by atoms with van der Waals surface area (Å²) in [6.45, 7) is 6.37. The normalized spacial score (nSPS) is 23.6. The molecule has 1 fully saturated rings. The van der Waals surface area contributed by atoms with Crippen LogP contribution in [0.25, 0.3) is 0 Å². The lowest BCUT2D eigenvalue weighted by atomic mass is 9.78. The summed E-state index contributed by atoms with van der Waals surface area (Å²) in [6, 6.07) is 4.00. The van der Waals surface area contributed by atoms with Crippen molar-refractivity contribution < 1.29 is 14.0 Å². The number of thiazole rings is 1.